The fourth-order valence-corrected chi connectivity index (χ4v) is 2.35. The molecule has 5 heteroatoms. The molecule has 0 bridgehead atoms. The van der Waals surface area contributed by atoms with Gasteiger partial charge in [-0.15, -0.1) is 0 Å². The van der Waals surface area contributed by atoms with E-state index >= 15 is 0 Å². The molecular formula is C12H9FN2O2. The summed E-state index contributed by atoms with van der Waals surface area (Å²) in [6.45, 7) is 1.67. The number of amides is 2. The van der Waals surface area contributed by atoms with Crippen molar-refractivity contribution < 1.29 is 14.0 Å². The van der Waals surface area contributed by atoms with Crippen LogP contribution in [0.4, 0.5) is 9.18 Å². The Morgan fingerprint density at radius 3 is 2.82 bits per heavy atom. The largest absolute Gasteiger partial charge is 0.327 e. The van der Waals surface area contributed by atoms with Crippen molar-refractivity contribution in [2.24, 2.45) is 0 Å². The van der Waals surface area contributed by atoms with Gasteiger partial charge in [0.1, 0.15) is 5.82 Å². The molecule has 1 aromatic carbocycles. The van der Waals surface area contributed by atoms with Gasteiger partial charge in [-0.2, -0.15) is 0 Å². The van der Waals surface area contributed by atoms with Crippen molar-refractivity contribution in [2.75, 3.05) is 0 Å². The second-order valence-electron chi connectivity index (χ2n) is 4.13. The molecule has 1 heterocycles. The van der Waals surface area contributed by atoms with Gasteiger partial charge in [0, 0.05) is 16.8 Å². The maximum atomic E-state index is 13.1. The lowest BCUT2D eigenvalue weighted by Crippen LogP contribution is -2.42. The van der Waals surface area contributed by atoms with Crippen LogP contribution in [0.5, 0.6) is 0 Å². The lowest BCUT2D eigenvalue weighted by molar-refractivity contribution is 0.103. The number of Topliss-reactive ketones (excluding diaryl/α,β-unsaturated/α-hetero) is 1. The summed E-state index contributed by atoms with van der Waals surface area (Å²) in [5, 5.41) is 5.21. The highest BCUT2D eigenvalue weighted by Gasteiger charge is 2.39. The highest BCUT2D eigenvalue weighted by Crippen LogP contribution is 2.38. The highest BCUT2D eigenvalue weighted by atomic mass is 19.1. The second-order valence-corrected chi connectivity index (χ2v) is 4.13. The van der Waals surface area contributed by atoms with Gasteiger partial charge in [-0.05, 0) is 24.6 Å². The Bertz CT molecular complexity index is 592. The number of rotatable bonds is 0. The quantitative estimate of drug-likeness (QED) is 0.714. The number of urea groups is 1. The molecule has 0 radical (unpaired) electrons. The van der Waals surface area contributed by atoms with Crippen LogP contribution in [0.3, 0.4) is 0 Å². The Balaban J connectivity index is 2.24. The van der Waals surface area contributed by atoms with Gasteiger partial charge in [-0.1, -0.05) is 6.07 Å². The number of fused-ring (bicyclic) bond motifs is 3. The summed E-state index contributed by atoms with van der Waals surface area (Å²) >= 11 is 0. The number of hydrogen-bond donors (Lipinski definition) is 2. The molecule has 4 nitrogen and oxygen atoms in total. The van der Waals surface area contributed by atoms with Crippen molar-refractivity contribution in [3.63, 3.8) is 0 Å². The molecule has 0 saturated carbocycles. The van der Waals surface area contributed by atoms with Crippen LogP contribution in [-0.4, -0.2) is 11.8 Å². The van der Waals surface area contributed by atoms with Crippen LogP contribution < -0.4 is 10.6 Å². The minimum atomic E-state index is -0.452. The van der Waals surface area contributed by atoms with E-state index in [1.54, 1.807) is 13.0 Å². The molecule has 3 rings (SSSR count). The average molecular weight is 232 g/mol. The number of carbonyl (C=O) groups excluding carboxylic acids is 2. The van der Waals surface area contributed by atoms with Gasteiger partial charge in [0.2, 0.25) is 0 Å². The third-order valence-corrected chi connectivity index (χ3v) is 3.08. The number of halogens is 1. The van der Waals surface area contributed by atoms with E-state index in [1.165, 1.54) is 12.1 Å². The smallest absolute Gasteiger partial charge is 0.319 e. The number of ketones is 1. The summed E-state index contributed by atoms with van der Waals surface area (Å²) in [6.07, 6.45) is 0. The maximum Gasteiger partial charge on any atom is 0.319 e. The van der Waals surface area contributed by atoms with E-state index in [0.29, 0.717) is 22.4 Å². The summed E-state index contributed by atoms with van der Waals surface area (Å²) in [5.74, 6) is -0.678. The summed E-state index contributed by atoms with van der Waals surface area (Å²) < 4.78 is 13.1. The normalized spacial score (nSPS) is 21.9. The van der Waals surface area contributed by atoms with Crippen molar-refractivity contribution >= 4 is 11.8 Å². The number of allylic oxidation sites excluding steroid dienone is 1. The second kappa shape index (κ2) is 3.16. The van der Waals surface area contributed by atoms with E-state index in [0.717, 1.165) is 0 Å². The maximum absolute atomic E-state index is 13.1. The number of benzene rings is 1. The Labute approximate surface area is 96.5 Å². The third kappa shape index (κ3) is 1.28. The molecule has 86 valence electrons. The standard InChI is InChI=1S/C12H9FN2O2/c1-5-9-10(15-12(17)14-5)7-3-2-6(13)4-8(7)11(9)16/h2-4,10H,1H3,(H2,14,15,17). The van der Waals surface area contributed by atoms with Crippen LogP contribution in [0.25, 0.3) is 0 Å². The number of carbonyl (C=O) groups is 2. The van der Waals surface area contributed by atoms with Gasteiger partial charge in [0.25, 0.3) is 0 Å². The highest BCUT2D eigenvalue weighted by molar-refractivity contribution is 6.15. The van der Waals surface area contributed by atoms with Gasteiger partial charge in [0.15, 0.2) is 5.78 Å². The minimum absolute atomic E-state index is 0.227. The molecule has 0 aromatic heterocycles. The summed E-state index contributed by atoms with van der Waals surface area (Å²) in [5.41, 5.74) is 2.00. The summed E-state index contributed by atoms with van der Waals surface area (Å²) in [7, 11) is 0. The first-order chi connectivity index (χ1) is 8.08. The molecule has 1 aliphatic heterocycles. The van der Waals surface area contributed by atoms with Gasteiger partial charge in [-0.25, -0.2) is 9.18 Å². The zero-order valence-electron chi connectivity index (χ0n) is 9.00. The molecule has 1 aromatic rings. The molecule has 2 amide bonds. The Hall–Kier alpha value is -2.17. The molecule has 2 N–H and O–H groups in total. The van der Waals surface area contributed by atoms with Crippen molar-refractivity contribution in [3.05, 3.63) is 46.4 Å². The minimum Gasteiger partial charge on any atom is -0.327 e. The van der Waals surface area contributed by atoms with Gasteiger partial charge < -0.3 is 10.6 Å². The first-order valence-electron chi connectivity index (χ1n) is 5.20. The molecular weight excluding hydrogens is 223 g/mol. The van der Waals surface area contributed by atoms with Crippen LogP contribution in [0.2, 0.25) is 0 Å². The van der Waals surface area contributed by atoms with Gasteiger partial charge >= 0.3 is 6.03 Å². The monoisotopic (exact) mass is 232 g/mol. The number of hydrogen-bond acceptors (Lipinski definition) is 2. The van der Waals surface area contributed by atoms with Crippen LogP contribution in [-0.2, 0) is 0 Å². The van der Waals surface area contributed by atoms with Gasteiger partial charge in [0.05, 0.1) is 6.04 Å². The summed E-state index contributed by atoms with van der Waals surface area (Å²) in [4.78, 5) is 23.4. The Kier molecular flexibility index (Phi) is 1.86. The fraction of sp³-hybridized carbons (Fsp3) is 0.167. The van der Waals surface area contributed by atoms with Gasteiger partial charge in [-0.3, -0.25) is 4.79 Å². The van der Waals surface area contributed by atoms with Crippen LogP contribution in [0.1, 0.15) is 28.9 Å². The molecule has 17 heavy (non-hydrogen) atoms. The zero-order valence-corrected chi connectivity index (χ0v) is 9.00. The summed E-state index contributed by atoms with van der Waals surface area (Å²) in [6, 6.07) is 3.24. The van der Waals surface area contributed by atoms with Crippen molar-refractivity contribution in [1.29, 1.82) is 0 Å². The van der Waals surface area contributed by atoms with Crippen molar-refractivity contribution in [3.8, 4) is 0 Å². The van der Waals surface area contributed by atoms with E-state index in [9.17, 15) is 14.0 Å². The predicted molar refractivity (Wildman–Crippen MR) is 57.8 cm³/mol. The lowest BCUT2D eigenvalue weighted by Gasteiger charge is -2.23. The molecule has 0 saturated heterocycles. The van der Waals surface area contributed by atoms with Crippen molar-refractivity contribution in [2.45, 2.75) is 13.0 Å². The molecule has 2 aliphatic rings. The van der Waals surface area contributed by atoms with E-state index in [4.69, 9.17) is 0 Å². The van der Waals surface area contributed by atoms with E-state index in [-0.39, 0.29) is 11.8 Å². The SMILES string of the molecule is CC1=C2C(=O)c3cc(F)ccc3C2NC(=O)N1. The Morgan fingerprint density at radius 2 is 2.06 bits per heavy atom. The topological polar surface area (TPSA) is 58.2 Å². The third-order valence-electron chi connectivity index (χ3n) is 3.08. The molecule has 0 spiro atoms. The lowest BCUT2D eigenvalue weighted by atomic mass is 10.0. The first kappa shape index (κ1) is 10.0. The molecule has 1 aliphatic carbocycles. The predicted octanol–water partition coefficient (Wildman–Crippen LogP) is 1.65. The van der Waals surface area contributed by atoms with E-state index in [2.05, 4.69) is 10.6 Å². The van der Waals surface area contributed by atoms with E-state index < -0.39 is 11.9 Å². The fourth-order valence-electron chi connectivity index (χ4n) is 2.35. The Morgan fingerprint density at radius 1 is 1.29 bits per heavy atom. The zero-order chi connectivity index (χ0) is 12.2. The number of nitrogens with one attached hydrogen (secondary N) is 2. The first-order valence-corrected chi connectivity index (χ1v) is 5.20. The average Bonchev–Trinajstić information content (AvgIpc) is 2.52. The van der Waals surface area contributed by atoms with Crippen LogP contribution in [0, 0.1) is 5.82 Å². The molecule has 1 unspecified atom stereocenters. The van der Waals surface area contributed by atoms with Crippen LogP contribution in [0.15, 0.2) is 29.5 Å². The molecule has 0 fully saturated rings. The van der Waals surface area contributed by atoms with Crippen molar-refractivity contribution in [1.82, 2.24) is 10.6 Å². The van der Waals surface area contributed by atoms with E-state index in [1.807, 2.05) is 0 Å². The molecule has 1 atom stereocenters. The van der Waals surface area contributed by atoms with Crippen LogP contribution >= 0.6 is 0 Å².